The highest BCUT2D eigenvalue weighted by atomic mass is 35.5. The number of halogens is 2. The van der Waals surface area contributed by atoms with Gasteiger partial charge in [-0.25, -0.2) is 4.98 Å². The fraction of sp³-hybridized carbons (Fsp3) is 0.360. The molecule has 0 saturated carbocycles. The number of benzene rings is 2. The van der Waals surface area contributed by atoms with Gasteiger partial charge < -0.3 is 14.0 Å². The van der Waals surface area contributed by atoms with Crippen molar-refractivity contribution in [2.75, 3.05) is 13.2 Å². The molecule has 0 aliphatic heterocycles. The van der Waals surface area contributed by atoms with Gasteiger partial charge in [-0.2, -0.15) is 0 Å². The van der Waals surface area contributed by atoms with Crippen LogP contribution in [0.15, 0.2) is 58.5 Å². The molecule has 5 nitrogen and oxygen atoms in total. The van der Waals surface area contributed by atoms with Crippen molar-refractivity contribution in [1.82, 2.24) is 9.55 Å². The van der Waals surface area contributed by atoms with Crippen LogP contribution in [0.4, 0.5) is 0 Å². The fourth-order valence-corrected chi connectivity index (χ4v) is 5.26. The van der Waals surface area contributed by atoms with E-state index in [1.807, 2.05) is 42.5 Å². The maximum Gasteiger partial charge on any atom is 0.302 e. The van der Waals surface area contributed by atoms with Gasteiger partial charge in [0.1, 0.15) is 17.5 Å². The molecule has 8 heteroatoms. The van der Waals surface area contributed by atoms with Gasteiger partial charge in [-0.05, 0) is 29.7 Å². The number of aromatic nitrogens is 2. The quantitative estimate of drug-likeness (QED) is 0.211. The molecule has 3 aromatic rings. The molecule has 0 bridgehead atoms. The van der Waals surface area contributed by atoms with E-state index in [1.54, 1.807) is 17.8 Å². The Bertz CT molecular complexity index is 1050. The second-order valence-electron chi connectivity index (χ2n) is 7.86. The van der Waals surface area contributed by atoms with E-state index in [4.69, 9.17) is 37.7 Å². The Morgan fingerprint density at radius 2 is 1.79 bits per heavy atom. The van der Waals surface area contributed by atoms with Crippen LogP contribution in [0, 0.1) is 0 Å². The second kappa shape index (κ2) is 12.5. The number of carbonyl (C=O) groups is 1. The van der Waals surface area contributed by atoms with Crippen molar-refractivity contribution < 1.29 is 14.3 Å². The average Bonchev–Trinajstić information content (AvgIpc) is 3.08. The standard InChI is InChI=1S/C25H28Cl2N2O3S/c1-17(2)24-25(33-22-14-20(26)13-21(27)15-22)29(10-12-32-18(3)30)23(28-24)9-11-31-16-19-7-5-4-6-8-19/h4-8,13-15,17H,9-12,16H2,1-3H3. The van der Waals surface area contributed by atoms with E-state index in [0.29, 0.717) is 36.2 Å². The number of carbonyl (C=O) groups excluding carboxylic acids is 1. The molecule has 0 saturated heterocycles. The van der Waals surface area contributed by atoms with Gasteiger partial charge in [0.25, 0.3) is 0 Å². The molecule has 1 aromatic heterocycles. The highest BCUT2D eigenvalue weighted by molar-refractivity contribution is 7.99. The molecule has 0 aliphatic rings. The predicted molar refractivity (Wildman–Crippen MR) is 133 cm³/mol. The minimum Gasteiger partial charge on any atom is -0.464 e. The first-order valence-corrected chi connectivity index (χ1v) is 12.4. The Labute approximate surface area is 209 Å². The van der Waals surface area contributed by atoms with Crippen LogP contribution in [-0.4, -0.2) is 28.7 Å². The first-order chi connectivity index (χ1) is 15.8. The van der Waals surface area contributed by atoms with E-state index >= 15 is 0 Å². The summed E-state index contributed by atoms with van der Waals surface area (Å²) in [6.07, 6.45) is 0.642. The Balaban J connectivity index is 1.83. The molecule has 1 heterocycles. The molecule has 176 valence electrons. The minimum absolute atomic E-state index is 0.209. The first kappa shape index (κ1) is 25.6. The van der Waals surface area contributed by atoms with E-state index in [9.17, 15) is 4.79 Å². The minimum atomic E-state index is -0.303. The van der Waals surface area contributed by atoms with E-state index in [2.05, 4.69) is 18.4 Å². The van der Waals surface area contributed by atoms with Crippen molar-refractivity contribution in [3.8, 4) is 0 Å². The molecular formula is C25H28Cl2N2O3S. The third-order valence-electron chi connectivity index (χ3n) is 4.82. The van der Waals surface area contributed by atoms with Crippen molar-refractivity contribution in [3.05, 3.63) is 75.7 Å². The van der Waals surface area contributed by atoms with Crippen molar-refractivity contribution in [2.24, 2.45) is 0 Å². The predicted octanol–water partition coefficient (Wildman–Crippen LogP) is 6.79. The van der Waals surface area contributed by atoms with Crippen molar-refractivity contribution in [2.45, 2.75) is 56.2 Å². The van der Waals surface area contributed by atoms with Gasteiger partial charge in [0.2, 0.25) is 0 Å². The monoisotopic (exact) mass is 506 g/mol. The molecule has 33 heavy (non-hydrogen) atoms. The van der Waals surface area contributed by atoms with E-state index in [0.717, 1.165) is 27.0 Å². The number of rotatable bonds is 11. The molecule has 2 aromatic carbocycles. The molecular weight excluding hydrogens is 479 g/mol. The lowest BCUT2D eigenvalue weighted by atomic mass is 10.1. The van der Waals surface area contributed by atoms with Gasteiger partial charge in [-0.1, -0.05) is 79.1 Å². The van der Waals surface area contributed by atoms with Crippen LogP contribution in [0.5, 0.6) is 0 Å². The van der Waals surface area contributed by atoms with Gasteiger partial charge >= 0.3 is 5.97 Å². The highest BCUT2D eigenvalue weighted by Gasteiger charge is 2.21. The summed E-state index contributed by atoms with van der Waals surface area (Å²) in [5.74, 6) is 0.804. The zero-order valence-electron chi connectivity index (χ0n) is 19.0. The smallest absolute Gasteiger partial charge is 0.302 e. The third kappa shape index (κ3) is 7.78. The lowest BCUT2D eigenvalue weighted by molar-refractivity contribution is -0.141. The number of hydrogen-bond acceptors (Lipinski definition) is 5. The number of ether oxygens (including phenoxy) is 2. The second-order valence-corrected chi connectivity index (χ2v) is 9.80. The van der Waals surface area contributed by atoms with Gasteiger partial charge in [0, 0.05) is 28.3 Å². The summed E-state index contributed by atoms with van der Waals surface area (Å²) in [5, 5.41) is 2.15. The number of esters is 1. The van der Waals surface area contributed by atoms with Crippen LogP contribution < -0.4 is 0 Å². The zero-order valence-corrected chi connectivity index (χ0v) is 21.3. The van der Waals surface area contributed by atoms with E-state index in [1.165, 1.54) is 6.92 Å². The first-order valence-electron chi connectivity index (χ1n) is 10.8. The maximum absolute atomic E-state index is 11.3. The Kier molecular flexibility index (Phi) is 9.68. The van der Waals surface area contributed by atoms with Gasteiger partial charge in [0.05, 0.1) is 25.5 Å². The summed E-state index contributed by atoms with van der Waals surface area (Å²) < 4.78 is 13.2. The van der Waals surface area contributed by atoms with Crippen LogP contribution >= 0.6 is 35.0 Å². The van der Waals surface area contributed by atoms with E-state index < -0.39 is 0 Å². The molecule has 0 amide bonds. The van der Waals surface area contributed by atoms with Gasteiger partial charge in [-0.3, -0.25) is 4.79 Å². The summed E-state index contributed by atoms with van der Waals surface area (Å²) >= 11 is 14.0. The van der Waals surface area contributed by atoms with E-state index in [-0.39, 0.29) is 18.5 Å². The molecule has 0 radical (unpaired) electrons. The van der Waals surface area contributed by atoms with Crippen LogP contribution in [-0.2, 0) is 33.8 Å². The summed E-state index contributed by atoms with van der Waals surface area (Å²) in [7, 11) is 0. The van der Waals surface area contributed by atoms with Crippen LogP contribution in [0.2, 0.25) is 10.0 Å². The maximum atomic E-state index is 11.3. The Morgan fingerprint density at radius 1 is 1.09 bits per heavy atom. The lowest BCUT2D eigenvalue weighted by Gasteiger charge is -2.14. The summed E-state index contributed by atoms with van der Waals surface area (Å²) in [6.45, 7) is 7.50. The number of hydrogen-bond donors (Lipinski definition) is 0. The average molecular weight is 507 g/mol. The topological polar surface area (TPSA) is 53.4 Å². The molecule has 0 atom stereocenters. The van der Waals surface area contributed by atoms with Crippen LogP contribution in [0.1, 0.15) is 43.8 Å². The largest absolute Gasteiger partial charge is 0.464 e. The highest BCUT2D eigenvalue weighted by Crippen LogP contribution is 2.37. The van der Waals surface area contributed by atoms with Gasteiger partial charge in [0.15, 0.2) is 0 Å². The molecule has 3 rings (SSSR count). The summed E-state index contributed by atoms with van der Waals surface area (Å²) in [5.41, 5.74) is 2.12. The third-order valence-corrected chi connectivity index (χ3v) is 6.36. The summed E-state index contributed by atoms with van der Waals surface area (Å²) in [6, 6.07) is 15.6. The molecule has 0 fully saturated rings. The van der Waals surface area contributed by atoms with Gasteiger partial charge in [-0.15, -0.1) is 0 Å². The molecule has 0 spiro atoms. The van der Waals surface area contributed by atoms with Crippen LogP contribution in [0.25, 0.3) is 0 Å². The number of nitrogens with zero attached hydrogens (tertiary/aromatic N) is 2. The normalized spacial score (nSPS) is 11.2. The van der Waals surface area contributed by atoms with Crippen molar-refractivity contribution >= 4 is 40.9 Å². The molecule has 0 N–H and O–H groups in total. The fourth-order valence-electron chi connectivity index (χ4n) is 3.32. The number of imidazole rings is 1. The zero-order chi connectivity index (χ0) is 23.8. The Hall–Kier alpha value is -1.99. The van der Waals surface area contributed by atoms with Crippen LogP contribution in [0.3, 0.4) is 0 Å². The molecule has 0 aliphatic carbocycles. The Morgan fingerprint density at radius 3 is 2.42 bits per heavy atom. The molecule has 0 unspecified atom stereocenters. The summed E-state index contributed by atoms with van der Waals surface area (Å²) in [4.78, 5) is 17.2. The lowest BCUT2D eigenvalue weighted by Crippen LogP contribution is -2.14. The van der Waals surface area contributed by atoms with Crippen molar-refractivity contribution in [3.63, 3.8) is 0 Å². The SMILES string of the molecule is CC(=O)OCCn1c(CCOCc2ccccc2)nc(C(C)C)c1Sc1cc(Cl)cc(Cl)c1. The van der Waals surface area contributed by atoms with Crippen molar-refractivity contribution in [1.29, 1.82) is 0 Å².